The summed E-state index contributed by atoms with van der Waals surface area (Å²) < 4.78 is 5.22. The molecule has 0 saturated heterocycles. The first-order valence-electron chi connectivity index (χ1n) is 7.44. The van der Waals surface area contributed by atoms with Crippen molar-refractivity contribution in [1.82, 2.24) is 9.97 Å². The summed E-state index contributed by atoms with van der Waals surface area (Å²) >= 11 is 1.41. The molecule has 0 unspecified atom stereocenters. The van der Waals surface area contributed by atoms with Crippen molar-refractivity contribution in [1.29, 1.82) is 0 Å². The van der Waals surface area contributed by atoms with Crippen molar-refractivity contribution in [3.63, 3.8) is 0 Å². The highest BCUT2D eigenvalue weighted by Gasteiger charge is 2.20. The molecule has 122 valence electrons. The molecule has 5 nitrogen and oxygen atoms in total. The van der Waals surface area contributed by atoms with Gasteiger partial charge in [0.1, 0.15) is 10.6 Å². The molecule has 3 aromatic rings. The number of thiazole rings is 1. The van der Waals surface area contributed by atoms with Gasteiger partial charge in [0.25, 0.3) is 5.91 Å². The van der Waals surface area contributed by atoms with Gasteiger partial charge >= 0.3 is 0 Å². The Kier molecular flexibility index (Phi) is 4.86. The number of nitrogens with zero attached hydrogens (tertiary/aromatic N) is 3. The summed E-state index contributed by atoms with van der Waals surface area (Å²) in [7, 11) is 3.24. The summed E-state index contributed by atoms with van der Waals surface area (Å²) in [6.45, 7) is 0. The molecule has 0 fully saturated rings. The summed E-state index contributed by atoms with van der Waals surface area (Å²) in [5.74, 6) is 0.292. The maximum absolute atomic E-state index is 12.7. The van der Waals surface area contributed by atoms with Crippen molar-refractivity contribution in [3.05, 3.63) is 70.3 Å². The fraction of sp³-hybridized carbons (Fsp3) is 0.167. The largest absolute Gasteiger partial charge is 0.480 e. The van der Waals surface area contributed by atoms with E-state index >= 15 is 0 Å². The Morgan fingerprint density at radius 3 is 2.71 bits per heavy atom. The average Bonchev–Trinajstić information content (AvgIpc) is 3.09. The number of hydrogen-bond acceptors (Lipinski definition) is 5. The molecule has 1 aromatic carbocycles. The monoisotopic (exact) mass is 339 g/mol. The van der Waals surface area contributed by atoms with E-state index in [9.17, 15) is 4.79 Å². The van der Waals surface area contributed by atoms with Crippen LogP contribution in [-0.2, 0) is 6.42 Å². The predicted octanol–water partition coefficient (Wildman–Crippen LogP) is 3.41. The standard InChI is InChI=1S/C18H17N3O2S/c1-21(14-9-6-10-19-17(14)23-2)18(22)15-12-20-16(24-15)11-13-7-4-3-5-8-13/h3-10,12H,11H2,1-2H3. The maximum Gasteiger partial charge on any atom is 0.269 e. The van der Waals surface area contributed by atoms with Crippen LogP contribution in [-0.4, -0.2) is 30.0 Å². The number of methoxy groups -OCH3 is 1. The van der Waals surface area contributed by atoms with Crippen LogP contribution in [0.15, 0.2) is 54.9 Å². The summed E-state index contributed by atoms with van der Waals surface area (Å²) in [6, 6.07) is 13.7. The van der Waals surface area contributed by atoms with Crippen LogP contribution >= 0.6 is 11.3 Å². The Hall–Kier alpha value is -2.73. The van der Waals surface area contributed by atoms with Crippen LogP contribution in [0.4, 0.5) is 5.69 Å². The van der Waals surface area contributed by atoms with Gasteiger partial charge in [-0.2, -0.15) is 0 Å². The van der Waals surface area contributed by atoms with E-state index in [1.54, 1.807) is 31.6 Å². The van der Waals surface area contributed by atoms with Crippen LogP contribution in [0.1, 0.15) is 20.2 Å². The molecule has 0 atom stereocenters. The van der Waals surface area contributed by atoms with Crippen molar-refractivity contribution in [2.45, 2.75) is 6.42 Å². The second-order valence-corrected chi connectivity index (χ2v) is 6.29. The number of benzene rings is 1. The predicted molar refractivity (Wildman–Crippen MR) is 94.9 cm³/mol. The third-order valence-corrected chi connectivity index (χ3v) is 4.56. The van der Waals surface area contributed by atoms with Crippen LogP contribution < -0.4 is 9.64 Å². The first kappa shape index (κ1) is 16.1. The van der Waals surface area contributed by atoms with Crippen molar-refractivity contribution >= 4 is 22.9 Å². The molecule has 0 N–H and O–H groups in total. The lowest BCUT2D eigenvalue weighted by Crippen LogP contribution is -2.26. The zero-order valence-electron chi connectivity index (χ0n) is 13.5. The molecule has 2 aromatic heterocycles. The maximum atomic E-state index is 12.7. The molecular weight excluding hydrogens is 322 g/mol. The van der Waals surface area contributed by atoms with E-state index in [2.05, 4.69) is 22.1 Å². The Labute approximate surface area is 144 Å². The Morgan fingerprint density at radius 2 is 1.96 bits per heavy atom. The third kappa shape index (κ3) is 3.44. The topological polar surface area (TPSA) is 55.3 Å². The molecule has 24 heavy (non-hydrogen) atoms. The normalized spacial score (nSPS) is 10.4. The highest BCUT2D eigenvalue weighted by molar-refractivity contribution is 7.13. The zero-order chi connectivity index (χ0) is 16.9. The molecular formula is C18H17N3O2S. The van der Waals surface area contributed by atoms with Gasteiger partial charge in [-0.1, -0.05) is 30.3 Å². The first-order chi connectivity index (χ1) is 11.7. The van der Waals surface area contributed by atoms with Crippen molar-refractivity contribution in [2.24, 2.45) is 0 Å². The summed E-state index contributed by atoms with van der Waals surface area (Å²) in [5, 5.41) is 0.913. The average molecular weight is 339 g/mol. The highest BCUT2D eigenvalue weighted by Crippen LogP contribution is 2.26. The van der Waals surface area contributed by atoms with Gasteiger partial charge < -0.3 is 9.64 Å². The number of carbonyl (C=O) groups is 1. The van der Waals surface area contributed by atoms with Gasteiger partial charge in [-0.05, 0) is 17.7 Å². The number of aromatic nitrogens is 2. The molecule has 2 heterocycles. The number of carbonyl (C=O) groups excluding carboxylic acids is 1. The van der Waals surface area contributed by atoms with Gasteiger partial charge in [-0.15, -0.1) is 11.3 Å². The van der Waals surface area contributed by atoms with Gasteiger partial charge in [-0.25, -0.2) is 9.97 Å². The number of anilines is 1. The fourth-order valence-electron chi connectivity index (χ4n) is 2.33. The van der Waals surface area contributed by atoms with Crippen LogP contribution in [0.25, 0.3) is 0 Å². The summed E-state index contributed by atoms with van der Waals surface area (Å²) in [4.78, 5) is 23.3. The quantitative estimate of drug-likeness (QED) is 0.715. The SMILES string of the molecule is COc1ncccc1N(C)C(=O)c1cnc(Cc2ccccc2)s1. The second kappa shape index (κ2) is 7.23. The second-order valence-electron chi connectivity index (χ2n) is 5.18. The lowest BCUT2D eigenvalue weighted by molar-refractivity contribution is 0.0996. The molecule has 6 heteroatoms. The van der Waals surface area contributed by atoms with E-state index in [1.165, 1.54) is 28.9 Å². The van der Waals surface area contributed by atoms with Crippen molar-refractivity contribution in [3.8, 4) is 5.88 Å². The number of ether oxygens (including phenoxy) is 1. The van der Waals surface area contributed by atoms with Gasteiger partial charge in [0.2, 0.25) is 5.88 Å². The summed E-state index contributed by atoms with van der Waals surface area (Å²) in [6.07, 6.45) is 3.98. The van der Waals surface area contributed by atoms with Crippen LogP contribution in [0, 0.1) is 0 Å². The third-order valence-electron chi connectivity index (χ3n) is 3.57. The molecule has 3 rings (SSSR count). The molecule has 0 aliphatic rings. The first-order valence-corrected chi connectivity index (χ1v) is 8.26. The number of hydrogen-bond donors (Lipinski definition) is 0. The fourth-order valence-corrected chi connectivity index (χ4v) is 3.26. The Bertz CT molecular complexity index is 833. The van der Waals surface area contributed by atoms with Gasteiger partial charge in [0, 0.05) is 19.7 Å². The van der Waals surface area contributed by atoms with Crippen molar-refractivity contribution < 1.29 is 9.53 Å². The van der Waals surface area contributed by atoms with E-state index in [-0.39, 0.29) is 5.91 Å². The minimum absolute atomic E-state index is 0.127. The molecule has 0 saturated carbocycles. The minimum atomic E-state index is -0.127. The Morgan fingerprint density at radius 1 is 1.17 bits per heavy atom. The van der Waals surface area contributed by atoms with E-state index in [1.807, 2.05) is 18.2 Å². The molecule has 1 amide bonds. The molecule has 0 spiro atoms. The summed E-state index contributed by atoms with van der Waals surface area (Å²) in [5.41, 5.74) is 1.80. The van der Waals surface area contributed by atoms with Crippen LogP contribution in [0.3, 0.4) is 0 Å². The van der Waals surface area contributed by atoms with E-state index in [0.29, 0.717) is 16.4 Å². The van der Waals surface area contributed by atoms with Gasteiger partial charge in [-0.3, -0.25) is 4.79 Å². The number of rotatable bonds is 5. The lowest BCUT2D eigenvalue weighted by atomic mass is 10.2. The molecule has 0 aliphatic carbocycles. The van der Waals surface area contributed by atoms with Crippen LogP contribution in [0.5, 0.6) is 5.88 Å². The molecule has 0 radical (unpaired) electrons. The number of amides is 1. The smallest absolute Gasteiger partial charge is 0.269 e. The Balaban J connectivity index is 1.78. The van der Waals surface area contributed by atoms with E-state index in [4.69, 9.17) is 4.74 Å². The van der Waals surface area contributed by atoms with Crippen molar-refractivity contribution in [2.75, 3.05) is 19.1 Å². The van der Waals surface area contributed by atoms with E-state index in [0.717, 1.165) is 11.4 Å². The van der Waals surface area contributed by atoms with Gasteiger partial charge in [0.15, 0.2) is 0 Å². The van der Waals surface area contributed by atoms with Gasteiger partial charge in [0.05, 0.1) is 18.3 Å². The zero-order valence-corrected chi connectivity index (χ0v) is 14.3. The minimum Gasteiger partial charge on any atom is -0.480 e. The molecule has 0 bridgehead atoms. The van der Waals surface area contributed by atoms with Crippen LogP contribution in [0.2, 0.25) is 0 Å². The lowest BCUT2D eigenvalue weighted by Gasteiger charge is -2.17. The number of pyridine rings is 1. The molecule has 0 aliphatic heterocycles. The highest BCUT2D eigenvalue weighted by atomic mass is 32.1. The van der Waals surface area contributed by atoms with E-state index < -0.39 is 0 Å².